The van der Waals surface area contributed by atoms with Crippen LogP contribution < -0.4 is 4.74 Å². The molecule has 0 aliphatic carbocycles. The summed E-state index contributed by atoms with van der Waals surface area (Å²) in [6.07, 6.45) is 0. The van der Waals surface area contributed by atoms with Gasteiger partial charge in [-0.3, -0.25) is 4.98 Å². The Balaban J connectivity index is 2.04. The Morgan fingerprint density at radius 2 is 1.89 bits per heavy atom. The summed E-state index contributed by atoms with van der Waals surface area (Å²) in [7, 11) is 0. The summed E-state index contributed by atoms with van der Waals surface area (Å²) < 4.78 is 6.75. The third-order valence-corrected chi connectivity index (χ3v) is 3.09. The van der Waals surface area contributed by atoms with Gasteiger partial charge in [-0.05, 0) is 36.8 Å². The third kappa shape index (κ3) is 3.31. The van der Waals surface area contributed by atoms with E-state index in [1.165, 1.54) is 0 Å². The van der Waals surface area contributed by atoms with Crippen molar-refractivity contribution in [3.05, 3.63) is 57.8 Å². The van der Waals surface area contributed by atoms with E-state index >= 15 is 0 Å². The van der Waals surface area contributed by atoms with E-state index in [1.807, 2.05) is 37.3 Å². The Bertz CT molecular complexity index is 526. The lowest BCUT2D eigenvalue weighted by Gasteiger charge is -2.09. The molecule has 1 N–H and O–H groups in total. The molecule has 18 heavy (non-hydrogen) atoms. The van der Waals surface area contributed by atoms with Crippen LogP contribution in [0.5, 0.6) is 5.75 Å². The molecule has 0 saturated heterocycles. The van der Waals surface area contributed by atoms with Crippen molar-refractivity contribution in [2.24, 2.45) is 0 Å². The molecular formula is C14H14BrNO2. The van der Waals surface area contributed by atoms with Gasteiger partial charge in [-0.1, -0.05) is 28.1 Å². The Kier molecular flexibility index (Phi) is 4.33. The number of ether oxygens (including phenoxy) is 1. The Hall–Kier alpha value is -1.39. The topological polar surface area (TPSA) is 42.4 Å². The van der Waals surface area contributed by atoms with Crippen molar-refractivity contribution in [2.45, 2.75) is 20.1 Å². The van der Waals surface area contributed by atoms with E-state index in [0.717, 1.165) is 21.5 Å². The highest BCUT2D eigenvalue weighted by Crippen LogP contribution is 2.18. The second-order valence-electron chi connectivity index (χ2n) is 3.96. The summed E-state index contributed by atoms with van der Waals surface area (Å²) in [5, 5.41) is 8.98. The van der Waals surface area contributed by atoms with Gasteiger partial charge in [0.15, 0.2) is 0 Å². The smallest absolute Gasteiger partial charge is 0.141 e. The number of rotatable bonds is 4. The normalized spacial score (nSPS) is 10.4. The lowest BCUT2D eigenvalue weighted by atomic mass is 10.2. The van der Waals surface area contributed by atoms with Gasteiger partial charge < -0.3 is 9.84 Å². The first kappa shape index (κ1) is 13.1. The largest absolute Gasteiger partial charge is 0.487 e. The monoisotopic (exact) mass is 307 g/mol. The quantitative estimate of drug-likeness (QED) is 0.943. The summed E-state index contributed by atoms with van der Waals surface area (Å²) >= 11 is 3.39. The zero-order valence-corrected chi connectivity index (χ0v) is 11.6. The number of aryl methyl sites for hydroxylation is 1. The second kappa shape index (κ2) is 5.98. The van der Waals surface area contributed by atoms with Crippen molar-refractivity contribution in [2.75, 3.05) is 0 Å². The Labute approximate surface area is 115 Å². The van der Waals surface area contributed by atoms with Gasteiger partial charge in [0.25, 0.3) is 0 Å². The molecule has 0 aliphatic heterocycles. The van der Waals surface area contributed by atoms with Crippen LogP contribution in [0, 0.1) is 6.92 Å². The highest BCUT2D eigenvalue weighted by atomic mass is 79.9. The van der Waals surface area contributed by atoms with E-state index < -0.39 is 0 Å². The zero-order chi connectivity index (χ0) is 13.0. The van der Waals surface area contributed by atoms with E-state index in [-0.39, 0.29) is 6.61 Å². The van der Waals surface area contributed by atoms with Crippen molar-refractivity contribution in [1.29, 1.82) is 0 Å². The van der Waals surface area contributed by atoms with Gasteiger partial charge in [-0.25, -0.2) is 0 Å². The molecule has 0 fully saturated rings. The zero-order valence-electron chi connectivity index (χ0n) is 10.1. The van der Waals surface area contributed by atoms with Crippen molar-refractivity contribution in [1.82, 2.24) is 4.98 Å². The number of hydrogen-bond donors (Lipinski definition) is 1. The highest BCUT2D eigenvalue weighted by Gasteiger charge is 2.03. The molecule has 0 saturated carbocycles. The summed E-state index contributed by atoms with van der Waals surface area (Å²) in [6.45, 7) is 2.33. The molecule has 1 aromatic heterocycles. The average Bonchev–Trinajstić information content (AvgIpc) is 2.39. The third-order valence-electron chi connectivity index (χ3n) is 2.56. The number of pyridine rings is 1. The molecule has 0 unspecified atom stereocenters. The molecule has 1 aromatic carbocycles. The van der Waals surface area contributed by atoms with Crippen LogP contribution in [0.3, 0.4) is 0 Å². The number of benzene rings is 1. The Morgan fingerprint density at radius 3 is 2.50 bits per heavy atom. The van der Waals surface area contributed by atoms with Gasteiger partial charge in [0.2, 0.25) is 0 Å². The minimum absolute atomic E-state index is 0.0478. The Morgan fingerprint density at radius 1 is 1.17 bits per heavy atom. The van der Waals surface area contributed by atoms with Crippen LogP contribution in [0.2, 0.25) is 0 Å². The van der Waals surface area contributed by atoms with E-state index in [4.69, 9.17) is 9.84 Å². The van der Waals surface area contributed by atoms with Gasteiger partial charge in [0, 0.05) is 4.47 Å². The lowest BCUT2D eigenvalue weighted by molar-refractivity contribution is 0.274. The molecule has 0 bridgehead atoms. The molecule has 0 radical (unpaired) electrons. The minimum atomic E-state index is -0.0478. The molecule has 2 aromatic rings. The van der Waals surface area contributed by atoms with Gasteiger partial charge in [-0.2, -0.15) is 0 Å². The molecule has 3 nitrogen and oxygen atoms in total. The minimum Gasteiger partial charge on any atom is -0.487 e. The average molecular weight is 308 g/mol. The summed E-state index contributed by atoms with van der Waals surface area (Å²) in [5.74, 6) is 0.745. The van der Waals surface area contributed by atoms with Gasteiger partial charge >= 0.3 is 0 Å². The molecule has 1 heterocycles. The predicted molar refractivity (Wildman–Crippen MR) is 73.4 cm³/mol. The maximum absolute atomic E-state index is 8.98. The first-order chi connectivity index (χ1) is 8.69. The predicted octanol–water partition coefficient (Wildman–Crippen LogP) is 3.22. The summed E-state index contributed by atoms with van der Waals surface area (Å²) in [5.41, 5.74) is 2.55. The van der Waals surface area contributed by atoms with Crippen LogP contribution in [0.4, 0.5) is 0 Å². The number of halogens is 1. The molecule has 94 valence electrons. The van der Waals surface area contributed by atoms with Crippen LogP contribution in [0.25, 0.3) is 0 Å². The molecular weight excluding hydrogens is 294 g/mol. The standard InChI is InChI=1S/C14H14BrNO2/c1-10-14(7-6-13(8-17)16-10)18-9-11-2-4-12(15)5-3-11/h2-7,17H,8-9H2,1H3. The molecule has 0 spiro atoms. The van der Waals surface area contributed by atoms with Crippen molar-refractivity contribution in [3.63, 3.8) is 0 Å². The SMILES string of the molecule is Cc1nc(CO)ccc1OCc1ccc(Br)cc1. The van der Waals surface area contributed by atoms with Crippen LogP contribution in [-0.2, 0) is 13.2 Å². The molecule has 0 aliphatic rings. The maximum atomic E-state index is 8.98. The van der Waals surface area contributed by atoms with Crippen molar-refractivity contribution < 1.29 is 9.84 Å². The fraction of sp³-hybridized carbons (Fsp3) is 0.214. The summed E-state index contributed by atoms with van der Waals surface area (Å²) in [4.78, 5) is 4.24. The van der Waals surface area contributed by atoms with Gasteiger partial charge in [-0.15, -0.1) is 0 Å². The van der Waals surface area contributed by atoms with E-state index in [1.54, 1.807) is 6.07 Å². The van der Waals surface area contributed by atoms with E-state index in [2.05, 4.69) is 20.9 Å². The van der Waals surface area contributed by atoms with E-state index in [0.29, 0.717) is 12.3 Å². The molecule has 2 rings (SSSR count). The molecule has 4 heteroatoms. The fourth-order valence-corrected chi connectivity index (χ4v) is 1.85. The van der Waals surface area contributed by atoms with E-state index in [9.17, 15) is 0 Å². The molecule has 0 amide bonds. The summed E-state index contributed by atoms with van der Waals surface area (Å²) in [6, 6.07) is 11.6. The van der Waals surface area contributed by atoms with Gasteiger partial charge in [0.05, 0.1) is 18.0 Å². The first-order valence-electron chi connectivity index (χ1n) is 5.63. The van der Waals surface area contributed by atoms with Crippen LogP contribution in [0.15, 0.2) is 40.9 Å². The second-order valence-corrected chi connectivity index (χ2v) is 4.88. The van der Waals surface area contributed by atoms with Crippen molar-refractivity contribution >= 4 is 15.9 Å². The first-order valence-corrected chi connectivity index (χ1v) is 6.43. The van der Waals surface area contributed by atoms with Crippen LogP contribution in [-0.4, -0.2) is 10.1 Å². The van der Waals surface area contributed by atoms with Crippen LogP contribution >= 0.6 is 15.9 Å². The van der Waals surface area contributed by atoms with Crippen molar-refractivity contribution in [3.8, 4) is 5.75 Å². The van der Waals surface area contributed by atoms with Crippen LogP contribution in [0.1, 0.15) is 17.0 Å². The highest BCUT2D eigenvalue weighted by molar-refractivity contribution is 9.10. The lowest BCUT2D eigenvalue weighted by Crippen LogP contribution is -2.00. The maximum Gasteiger partial charge on any atom is 0.141 e. The number of aromatic nitrogens is 1. The fourth-order valence-electron chi connectivity index (χ4n) is 1.58. The number of aliphatic hydroxyl groups excluding tert-OH is 1. The molecule has 0 atom stereocenters. The number of nitrogens with zero attached hydrogens (tertiary/aromatic N) is 1. The van der Waals surface area contributed by atoms with Gasteiger partial charge in [0.1, 0.15) is 12.4 Å². The number of hydrogen-bond acceptors (Lipinski definition) is 3. The number of aliphatic hydroxyl groups is 1.